The third kappa shape index (κ3) is 5.19. The Morgan fingerprint density at radius 2 is 2.00 bits per heavy atom. The fraction of sp³-hybridized carbons (Fsp3) is 0.200. The highest BCUT2D eigenvalue weighted by Gasteiger charge is 2.49. The molecule has 146 valence electrons. The lowest BCUT2D eigenvalue weighted by Crippen LogP contribution is -2.21. The lowest BCUT2D eigenvalue weighted by molar-refractivity contribution is 0.255. The summed E-state index contributed by atoms with van der Waals surface area (Å²) in [7, 11) is 0. The summed E-state index contributed by atoms with van der Waals surface area (Å²) >= 11 is 7.03. The topological polar surface area (TPSA) is 43.2 Å². The normalized spacial score (nSPS) is 17.5. The molecule has 0 saturated carbocycles. The molecular formula is C20H18ClF2N3OS. The van der Waals surface area contributed by atoms with Gasteiger partial charge in [0, 0.05) is 22.4 Å². The van der Waals surface area contributed by atoms with Gasteiger partial charge in [0.25, 0.3) is 0 Å². The molecule has 0 spiro atoms. The molecule has 1 aliphatic heterocycles. The Bertz CT molecular complexity index is 932. The van der Waals surface area contributed by atoms with E-state index in [9.17, 15) is 8.78 Å². The van der Waals surface area contributed by atoms with Crippen LogP contribution in [0, 0.1) is 11.6 Å². The first-order chi connectivity index (χ1) is 13.5. The van der Waals surface area contributed by atoms with Crippen LogP contribution >= 0.6 is 23.4 Å². The molecule has 1 fully saturated rings. The second-order valence-electron chi connectivity index (χ2n) is 6.00. The fourth-order valence-electron chi connectivity index (χ4n) is 2.54. The Hall–Kier alpha value is -2.22. The zero-order valence-corrected chi connectivity index (χ0v) is 16.5. The smallest absolute Gasteiger partial charge is 0.186 e. The van der Waals surface area contributed by atoms with Crippen molar-refractivity contribution in [2.45, 2.75) is 17.3 Å². The summed E-state index contributed by atoms with van der Waals surface area (Å²) in [5, 5.41) is 5.65. The van der Waals surface area contributed by atoms with Crippen molar-refractivity contribution in [2.75, 3.05) is 12.4 Å². The molecule has 0 unspecified atom stereocenters. The third-order valence-electron chi connectivity index (χ3n) is 3.96. The minimum Gasteiger partial charge on any atom is -0.362 e. The van der Waals surface area contributed by atoms with E-state index in [4.69, 9.17) is 16.3 Å². The van der Waals surface area contributed by atoms with Crippen LogP contribution in [-0.2, 0) is 16.9 Å². The van der Waals surface area contributed by atoms with Gasteiger partial charge in [-0.25, -0.2) is 18.4 Å². The van der Waals surface area contributed by atoms with Gasteiger partial charge in [0.15, 0.2) is 5.16 Å². The maximum Gasteiger partial charge on any atom is 0.186 e. The van der Waals surface area contributed by atoms with Gasteiger partial charge in [-0.05, 0) is 18.2 Å². The van der Waals surface area contributed by atoms with Gasteiger partial charge >= 0.3 is 0 Å². The molecule has 2 heterocycles. The van der Waals surface area contributed by atoms with Gasteiger partial charge in [-0.2, -0.15) is 5.10 Å². The lowest BCUT2D eigenvalue weighted by atomic mass is 9.99. The van der Waals surface area contributed by atoms with Crippen molar-refractivity contribution in [1.29, 1.82) is 0 Å². The summed E-state index contributed by atoms with van der Waals surface area (Å²) < 4.78 is 34.1. The van der Waals surface area contributed by atoms with E-state index in [1.165, 1.54) is 30.2 Å². The van der Waals surface area contributed by atoms with Crippen LogP contribution in [0.1, 0.15) is 5.56 Å². The van der Waals surface area contributed by atoms with E-state index in [1.807, 2.05) is 30.3 Å². The Morgan fingerprint density at radius 1 is 1.25 bits per heavy atom. The molecule has 1 aliphatic rings. The van der Waals surface area contributed by atoms with E-state index < -0.39 is 17.2 Å². The van der Waals surface area contributed by atoms with Crippen LogP contribution in [0.15, 0.2) is 72.7 Å². The molecule has 0 N–H and O–H groups in total. The molecule has 0 radical (unpaired) electrons. The highest BCUT2D eigenvalue weighted by Crippen LogP contribution is 2.42. The van der Waals surface area contributed by atoms with Crippen molar-refractivity contribution in [1.82, 2.24) is 14.8 Å². The van der Waals surface area contributed by atoms with Crippen molar-refractivity contribution in [3.63, 3.8) is 0 Å². The molecule has 2 aromatic carbocycles. The molecule has 4 nitrogen and oxygen atoms in total. The average molecular weight is 422 g/mol. The highest BCUT2D eigenvalue weighted by molar-refractivity contribution is 7.99. The number of rotatable bonds is 6. The van der Waals surface area contributed by atoms with Gasteiger partial charge in [0.05, 0.1) is 13.2 Å². The van der Waals surface area contributed by atoms with Crippen molar-refractivity contribution < 1.29 is 13.5 Å². The number of aromatic nitrogens is 3. The SMILES string of the molecule is C=CCSc1ncnn1C[C@@]1(c2ccc(F)cc2F)CO1.Clc1ccccc1. The maximum atomic E-state index is 13.9. The standard InChI is InChI=1S/C14H13F2N3OS.C6H5Cl/c1-2-5-21-13-17-9-18-19(13)7-14(8-20-14)11-4-3-10(15)6-12(11)16;7-6-4-2-1-3-5-6/h2-4,6,9H,1,5,7-8H2;1-5H/t14-;/m0./s1. The first-order valence-corrected chi connectivity index (χ1v) is 9.82. The summed E-state index contributed by atoms with van der Waals surface area (Å²) in [5.74, 6) is -0.500. The van der Waals surface area contributed by atoms with Gasteiger partial charge in [-0.3, -0.25) is 0 Å². The summed E-state index contributed by atoms with van der Waals surface area (Å²) in [6, 6.07) is 13.0. The molecule has 3 aromatic rings. The Balaban J connectivity index is 0.000000271. The molecule has 0 amide bonds. The van der Waals surface area contributed by atoms with Gasteiger partial charge in [0.2, 0.25) is 0 Å². The van der Waals surface area contributed by atoms with E-state index in [0.717, 1.165) is 11.1 Å². The molecule has 28 heavy (non-hydrogen) atoms. The van der Waals surface area contributed by atoms with Crippen LogP contribution in [0.4, 0.5) is 8.78 Å². The van der Waals surface area contributed by atoms with Crippen molar-refractivity contribution >= 4 is 23.4 Å². The van der Waals surface area contributed by atoms with Crippen LogP contribution in [0.25, 0.3) is 0 Å². The minimum atomic E-state index is -0.783. The van der Waals surface area contributed by atoms with Gasteiger partial charge in [0.1, 0.15) is 23.6 Å². The van der Waals surface area contributed by atoms with Crippen molar-refractivity contribution in [3.05, 3.63) is 89.7 Å². The molecule has 1 aromatic heterocycles. The van der Waals surface area contributed by atoms with Crippen LogP contribution in [0.3, 0.4) is 0 Å². The van der Waals surface area contributed by atoms with Crippen LogP contribution < -0.4 is 0 Å². The number of ether oxygens (including phenoxy) is 1. The predicted molar refractivity (Wildman–Crippen MR) is 106 cm³/mol. The molecule has 0 bridgehead atoms. The highest BCUT2D eigenvalue weighted by atomic mass is 35.5. The van der Waals surface area contributed by atoms with E-state index in [1.54, 1.807) is 10.8 Å². The van der Waals surface area contributed by atoms with E-state index in [2.05, 4.69) is 16.7 Å². The number of halogens is 3. The Kier molecular flexibility index (Phi) is 6.83. The monoisotopic (exact) mass is 421 g/mol. The van der Waals surface area contributed by atoms with Gasteiger partial charge in [-0.1, -0.05) is 53.7 Å². The van der Waals surface area contributed by atoms with E-state index >= 15 is 0 Å². The van der Waals surface area contributed by atoms with Crippen LogP contribution in [-0.4, -0.2) is 27.1 Å². The second-order valence-corrected chi connectivity index (χ2v) is 7.43. The first kappa shape index (κ1) is 20.5. The molecule has 8 heteroatoms. The summed E-state index contributed by atoms with van der Waals surface area (Å²) in [6.45, 7) is 4.37. The van der Waals surface area contributed by atoms with E-state index in [-0.39, 0.29) is 0 Å². The number of hydrogen-bond acceptors (Lipinski definition) is 4. The molecule has 4 rings (SSSR count). The third-order valence-corrected chi connectivity index (χ3v) is 5.19. The average Bonchev–Trinajstić information content (AvgIpc) is 3.32. The fourth-order valence-corrected chi connectivity index (χ4v) is 3.34. The number of nitrogens with zero attached hydrogens (tertiary/aromatic N) is 3. The van der Waals surface area contributed by atoms with E-state index in [0.29, 0.717) is 29.6 Å². The first-order valence-electron chi connectivity index (χ1n) is 8.45. The number of hydrogen-bond donors (Lipinski definition) is 0. The van der Waals surface area contributed by atoms with Gasteiger partial charge < -0.3 is 4.74 Å². The maximum absolute atomic E-state index is 13.9. The Morgan fingerprint density at radius 3 is 2.57 bits per heavy atom. The number of benzene rings is 2. The van der Waals surface area contributed by atoms with Crippen molar-refractivity contribution in [3.8, 4) is 0 Å². The van der Waals surface area contributed by atoms with Gasteiger partial charge in [-0.15, -0.1) is 6.58 Å². The van der Waals surface area contributed by atoms with Crippen molar-refractivity contribution in [2.24, 2.45) is 0 Å². The largest absolute Gasteiger partial charge is 0.362 e. The summed E-state index contributed by atoms with van der Waals surface area (Å²) in [4.78, 5) is 4.15. The zero-order chi connectivity index (χ0) is 20.0. The molecule has 1 saturated heterocycles. The predicted octanol–water partition coefficient (Wildman–Crippen LogP) is 5.10. The molecule has 0 aliphatic carbocycles. The summed E-state index contributed by atoms with van der Waals surface area (Å²) in [5.41, 5.74) is -0.436. The molecule has 1 atom stereocenters. The van der Waals surface area contributed by atoms with Crippen LogP contribution in [0.2, 0.25) is 5.02 Å². The molecular weight excluding hydrogens is 404 g/mol. The lowest BCUT2D eigenvalue weighted by Gasteiger charge is -2.14. The Labute approximate surface area is 171 Å². The second kappa shape index (κ2) is 9.32. The zero-order valence-electron chi connectivity index (χ0n) is 14.9. The number of thioether (sulfide) groups is 1. The summed E-state index contributed by atoms with van der Waals surface area (Å²) in [6.07, 6.45) is 3.22. The number of epoxide rings is 1. The minimum absolute atomic E-state index is 0.342. The van der Waals surface area contributed by atoms with Crippen LogP contribution in [0.5, 0.6) is 0 Å². The quantitative estimate of drug-likeness (QED) is 0.315.